The first kappa shape index (κ1) is 68.1. The third kappa shape index (κ3) is 67.2. The molecular weight excluding hydrogens is 834 g/mol. The minimum atomic E-state index is -0.653. The molecule has 7 heteroatoms. The van der Waals surface area contributed by atoms with Crippen LogP contribution in [0.5, 0.6) is 0 Å². The van der Waals surface area contributed by atoms with Crippen molar-refractivity contribution in [3.05, 3.63) is 0 Å². The van der Waals surface area contributed by atoms with E-state index < -0.39 is 5.97 Å². The maximum absolute atomic E-state index is 11.9. The minimum absolute atomic E-state index is 0. The molecule has 358 valence electrons. The second kappa shape index (κ2) is 62.6. The summed E-state index contributed by atoms with van der Waals surface area (Å²) in [6, 6.07) is 0. The number of rotatable bonds is 48. The van der Waals surface area contributed by atoms with Gasteiger partial charge in [-0.3, -0.25) is 14.4 Å². The van der Waals surface area contributed by atoms with E-state index in [9.17, 15) is 14.4 Å². The molecule has 0 aromatic heterocycles. The molecule has 0 aliphatic rings. The van der Waals surface area contributed by atoms with Crippen LogP contribution in [0.2, 0.25) is 0 Å². The molecule has 0 atom stereocenters. The monoisotopic (exact) mass is 941 g/mol. The predicted octanol–water partition coefficient (Wildman–Crippen LogP) is 18.0. The second-order valence-corrected chi connectivity index (χ2v) is 18.3. The molecule has 0 saturated heterocycles. The van der Waals surface area contributed by atoms with Gasteiger partial charge in [-0.05, 0) is 19.3 Å². The minimum Gasteiger partial charge on any atom is 0 e. The van der Waals surface area contributed by atoms with Gasteiger partial charge in [0.2, 0.25) is 0 Å². The van der Waals surface area contributed by atoms with Gasteiger partial charge in [-0.25, -0.2) is 0 Å². The molecule has 1 N–H and O–H groups in total. The van der Waals surface area contributed by atoms with Gasteiger partial charge >= 0.3 is 55.6 Å². The topological polar surface area (TPSA) is 80.7 Å². The van der Waals surface area contributed by atoms with Crippen LogP contribution in [0.15, 0.2) is 0 Å². The van der Waals surface area contributed by atoms with Crippen molar-refractivity contribution in [3.63, 3.8) is 0 Å². The van der Waals surface area contributed by atoms with E-state index in [-0.39, 0.29) is 69.2 Å². The molecule has 0 spiro atoms. The van der Waals surface area contributed by atoms with Gasteiger partial charge in [0.15, 0.2) is 0 Å². The zero-order valence-electron chi connectivity index (χ0n) is 41.2. The van der Waals surface area contributed by atoms with Crippen molar-refractivity contribution >= 4 is 55.6 Å². The van der Waals surface area contributed by atoms with Crippen LogP contribution in [0.1, 0.15) is 329 Å². The number of carbonyl (C=O) groups excluding carboxylic acids is 2. The van der Waals surface area contributed by atoms with Crippen LogP contribution in [0.4, 0.5) is 0 Å². The van der Waals surface area contributed by atoms with Crippen molar-refractivity contribution < 1.29 is 43.7 Å². The largest absolute Gasteiger partial charge is 0 e. The Morgan fingerprint density at radius 2 is 0.426 bits per heavy atom. The molecule has 0 fully saturated rings. The van der Waals surface area contributed by atoms with Crippen molar-refractivity contribution in [1.82, 2.24) is 0 Å². The van der Waals surface area contributed by atoms with Gasteiger partial charge in [0.1, 0.15) is 0 Å². The Balaban J connectivity index is -0.000000624. The number of unbranched alkanes of at least 4 members (excludes halogenated alkanes) is 42. The van der Waals surface area contributed by atoms with Gasteiger partial charge in [-0.1, -0.05) is 290 Å². The number of hydrogen-bond acceptors (Lipinski definition) is 4. The number of carboxylic acids is 1. The maximum atomic E-state index is 11.9. The maximum Gasteiger partial charge on any atom is 0 e. The summed E-state index contributed by atoms with van der Waals surface area (Å²) >= 11 is 0. The van der Waals surface area contributed by atoms with Crippen LogP contribution in [0, 0.1) is 0 Å². The fraction of sp³-hybridized carbons (Fsp3) is 0.944. The SMILES string of the molecule is CCCCCCCCCCCCCCCCCC(=O)O.CCCCCCCCCCCCCCCCCC(=O)OC(=O)CCCCCCCCCCCCCCCCC.[CaH2].[Zn]. The molecule has 0 bridgehead atoms. The molecule has 0 saturated carbocycles. The number of hydrogen-bond donors (Lipinski definition) is 1. The summed E-state index contributed by atoms with van der Waals surface area (Å²) in [6.07, 6.45) is 60.3. The molecule has 0 heterocycles. The van der Waals surface area contributed by atoms with Crippen LogP contribution in [-0.2, 0) is 38.6 Å². The van der Waals surface area contributed by atoms with Gasteiger partial charge in [0.25, 0.3) is 0 Å². The van der Waals surface area contributed by atoms with E-state index in [4.69, 9.17) is 9.84 Å². The van der Waals surface area contributed by atoms with Crippen LogP contribution in [-0.4, -0.2) is 60.8 Å². The number of aliphatic carboxylic acids is 1. The van der Waals surface area contributed by atoms with Crippen LogP contribution in [0.25, 0.3) is 0 Å². The Kier molecular flexibility index (Phi) is 69.8. The van der Waals surface area contributed by atoms with Crippen molar-refractivity contribution in [3.8, 4) is 0 Å². The molecule has 0 rings (SSSR count). The fourth-order valence-electron chi connectivity index (χ4n) is 8.16. The number of ether oxygens (including phenoxy) is 1. The Morgan fingerprint density at radius 1 is 0.279 bits per heavy atom. The van der Waals surface area contributed by atoms with E-state index in [2.05, 4.69) is 20.8 Å². The van der Waals surface area contributed by atoms with Gasteiger partial charge in [-0.2, -0.15) is 0 Å². The van der Waals surface area contributed by atoms with Crippen LogP contribution >= 0.6 is 0 Å². The van der Waals surface area contributed by atoms with Crippen molar-refractivity contribution in [2.45, 2.75) is 329 Å². The first-order valence-corrected chi connectivity index (χ1v) is 26.9. The van der Waals surface area contributed by atoms with E-state index in [1.165, 1.54) is 250 Å². The zero-order chi connectivity index (χ0) is 43.4. The van der Waals surface area contributed by atoms with Crippen LogP contribution in [0.3, 0.4) is 0 Å². The molecular formula is C54H108CaO5Zn. The Hall–Kier alpha value is 0.493. The summed E-state index contributed by atoms with van der Waals surface area (Å²) in [6.45, 7) is 6.82. The first-order valence-electron chi connectivity index (χ1n) is 26.9. The van der Waals surface area contributed by atoms with E-state index in [1.54, 1.807) is 0 Å². The Labute approximate surface area is 424 Å². The van der Waals surface area contributed by atoms with E-state index in [0.717, 1.165) is 38.5 Å². The van der Waals surface area contributed by atoms with Crippen molar-refractivity contribution in [2.75, 3.05) is 0 Å². The molecule has 0 unspecified atom stereocenters. The molecule has 0 radical (unpaired) electrons. The van der Waals surface area contributed by atoms with E-state index in [1.807, 2.05) is 0 Å². The Bertz CT molecular complexity index is 796. The molecule has 0 aliphatic carbocycles. The summed E-state index contributed by atoms with van der Waals surface area (Å²) in [5.74, 6) is -1.30. The standard InChI is InChI=1S/C36H70O3.C18H36O2.Ca.Zn.2H/c1-3-5-7-9-11-13-15-17-19-21-23-25-27-29-31-33-35(37)39-36(38)34-32-30-28-26-24-22-20-18-16-14-12-10-8-6-4-2;1-2-3-4-5-6-7-8-9-10-11-12-13-14-15-16-17-18(19)20;;;;/h3-34H2,1-2H3;2-17H2,1H3,(H,19,20);;;;. The molecule has 5 nitrogen and oxygen atoms in total. The predicted molar refractivity (Wildman–Crippen MR) is 266 cm³/mol. The third-order valence-electron chi connectivity index (χ3n) is 12.2. The fourth-order valence-corrected chi connectivity index (χ4v) is 8.16. The summed E-state index contributed by atoms with van der Waals surface area (Å²) in [5, 5.41) is 8.52. The summed E-state index contributed by atoms with van der Waals surface area (Å²) < 4.78 is 5.01. The van der Waals surface area contributed by atoms with E-state index in [0.29, 0.717) is 19.3 Å². The number of esters is 2. The van der Waals surface area contributed by atoms with Gasteiger partial charge < -0.3 is 9.84 Å². The molecule has 0 aliphatic heterocycles. The summed E-state index contributed by atoms with van der Waals surface area (Å²) in [5.41, 5.74) is 0. The average molecular weight is 943 g/mol. The third-order valence-corrected chi connectivity index (χ3v) is 12.2. The Morgan fingerprint density at radius 3 is 0.590 bits per heavy atom. The normalized spacial score (nSPS) is 10.7. The average Bonchev–Trinajstić information content (AvgIpc) is 3.22. The first-order chi connectivity index (χ1) is 29.0. The number of carbonyl (C=O) groups is 3. The molecule has 61 heavy (non-hydrogen) atoms. The van der Waals surface area contributed by atoms with Gasteiger partial charge in [-0.15, -0.1) is 0 Å². The molecule has 0 amide bonds. The smallest absolute Gasteiger partial charge is 0 e. The van der Waals surface area contributed by atoms with E-state index >= 15 is 0 Å². The van der Waals surface area contributed by atoms with Gasteiger partial charge in [0, 0.05) is 38.7 Å². The zero-order valence-corrected chi connectivity index (χ0v) is 44.2. The van der Waals surface area contributed by atoms with Crippen LogP contribution < -0.4 is 0 Å². The van der Waals surface area contributed by atoms with Crippen molar-refractivity contribution in [1.29, 1.82) is 0 Å². The molecule has 0 aromatic rings. The second-order valence-electron chi connectivity index (χ2n) is 18.3. The number of carboxylic acid groups (broad SMARTS) is 1. The summed E-state index contributed by atoms with van der Waals surface area (Å²) in [4.78, 5) is 34.1. The quantitative estimate of drug-likeness (QED) is 0.0284. The molecule has 0 aromatic carbocycles. The van der Waals surface area contributed by atoms with Gasteiger partial charge in [0.05, 0.1) is 0 Å². The van der Waals surface area contributed by atoms with Crippen molar-refractivity contribution in [2.24, 2.45) is 0 Å². The summed E-state index contributed by atoms with van der Waals surface area (Å²) in [7, 11) is 0.